The largest absolute Gasteiger partial charge is 0.445 e. The number of nitrogens with zero attached hydrogens (tertiary/aromatic N) is 1. The number of β-amino-alcohol motifs (C(OH)–C–C–N with tert-alkyl or cyclic N) is 1. The standard InChI is InChI=1S/C6H11NO3/c1-5-4-7(2-3-8)6(9)10-5/h5,8H,2-4H2,1H3/t5-/m0/s1. The lowest BCUT2D eigenvalue weighted by Crippen LogP contribution is -2.27. The Hall–Kier alpha value is -0.770. The number of cyclic esters (lactones) is 1. The molecule has 1 saturated heterocycles. The molecule has 0 aromatic carbocycles. The molecule has 0 radical (unpaired) electrons. The first-order valence-electron chi connectivity index (χ1n) is 3.30. The van der Waals surface area contributed by atoms with Crippen LogP contribution < -0.4 is 0 Å². The second-order valence-electron chi connectivity index (χ2n) is 2.36. The van der Waals surface area contributed by atoms with Gasteiger partial charge in [0.05, 0.1) is 13.2 Å². The smallest absolute Gasteiger partial charge is 0.410 e. The van der Waals surface area contributed by atoms with Crippen LogP contribution in [0.15, 0.2) is 0 Å². The van der Waals surface area contributed by atoms with Crippen molar-refractivity contribution < 1.29 is 14.6 Å². The van der Waals surface area contributed by atoms with Crippen LogP contribution in [0.3, 0.4) is 0 Å². The molecule has 1 atom stereocenters. The summed E-state index contributed by atoms with van der Waals surface area (Å²) in [5.74, 6) is 0. The number of carbonyl (C=O) groups is 1. The number of hydrogen-bond donors (Lipinski definition) is 1. The molecule has 1 rings (SSSR count). The van der Waals surface area contributed by atoms with Gasteiger partial charge in [-0.1, -0.05) is 0 Å². The van der Waals surface area contributed by atoms with Crippen LogP contribution in [0.4, 0.5) is 4.79 Å². The molecule has 58 valence electrons. The number of aliphatic hydroxyl groups is 1. The van der Waals surface area contributed by atoms with Crippen LogP contribution in [0.25, 0.3) is 0 Å². The molecule has 1 heterocycles. The van der Waals surface area contributed by atoms with Crippen molar-refractivity contribution in [1.29, 1.82) is 0 Å². The fourth-order valence-corrected chi connectivity index (χ4v) is 0.972. The number of aliphatic hydroxyl groups excluding tert-OH is 1. The molecular formula is C6H11NO3. The van der Waals surface area contributed by atoms with Crippen molar-refractivity contribution in [3.8, 4) is 0 Å². The molecule has 0 spiro atoms. The van der Waals surface area contributed by atoms with Crippen molar-refractivity contribution >= 4 is 6.09 Å². The molecule has 0 unspecified atom stereocenters. The molecule has 1 N–H and O–H groups in total. The number of amides is 1. The molecule has 1 fully saturated rings. The molecule has 0 aliphatic carbocycles. The molecule has 0 saturated carbocycles. The van der Waals surface area contributed by atoms with E-state index < -0.39 is 0 Å². The van der Waals surface area contributed by atoms with Gasteiger partial charge in [0.15, 0.2) is 0 Å². The van der Waals surface area contributed by atoms with Gasteiger partial charge in [0.2, 0.25) is 0 Å². The Bertz CT molecular complexity index is 137. The highest BCUT2D eigenvalue weighted by Gasteiger charge is 2.26. The highest BCUT2D eigenvalue weighted by Crippen LogP contribution is 2.08. The summed E-state index contributed by atoms with van der Waals surface area (Å²) in [4.78, 5) is 12.3. The summed E-state index contributed by atoms with van der Waals surface area (Å²) in [6.45, 7) is 2.81. The monoisotopic (exact) mass is 145 g/mol. The number of ether oxygens (including phenoxy) is 1. The Labute approximate surface area is 59.4 Å². The van der Waals surface area contributed by atoms with E-state index >= 15 is 0 Å². The maximum absolute atomic E-state index is 10.8. The molecule has 1 amide bonds. The van der Waals surface area contributed by atoms with E-state index in [1.54, 1.807) is 0 Å². The quantitative estimate of drug-likeness (QED) is 0.586. The fourth-order valence-electron chi connectivity index (χ4n) is 0.972. The van der Waals surface area contributed by atoms with E-state index in [1.165, 1.54) is 4.90 Å². The van der Waals surface area contributed by atoms with Crippen LogP contribution in [-0.2, 0) is 4.74 Å². The van der Waals surface area contributed by atoms with Crippen molar-refractivity contribution in [1.82, 2.24) is 4.90 Å². The van der Waals surface area contributed by atoms with Gasteiger partial charge in [0.1, 0.15) is 6.10 Å². The molecule has 0 bridgehead atoms. The molecule has 1 aliphatic rings. The Morgan fingerprint density at radius 3 is 3.00 bits per heavy atom. The normalized spacial score (nSPS) is 25.2. The van der Waals surface area contributed by atoms with Gasteiger partial charge >= 0.3 is 6.09 Å². The van der Waals surface area contributed by atoms with Crippen molar-refractivity contribution in [3.63, 3.8) is 0 Å². The Kier molecular flexibility index (Phi) is 2.11. The van der Waals surface area contributed by atoms with Gasteiger partial charge in [-0.3, -0.25) is 0 Å². The third-order valence-corrected chi connectivity index (χ3v) is 1.41. The zero-order valence-electron chi connectivity index (χ0n) is 5.91. The lowest BCUT2D eigenvalue weighted by Gasteiger charge is -2.08. The van der Waals surface area contributed by atoms with Gasteiger partial charge in [0, 0.05) is 6.54 Å². The topological polar surface area (TPSA) is 49.8 Å². The molecule has 4 nitrogen and oxygen atoms in total. The first kappa shape index (κ1) is 7.34. The van der Waals surface area contributed by atoms with Gasteiger partial charge in [-0.2, -0.15) is 0 Å². The summed E-state index contributed by atoms with van der Waals surface area (Å²) in [6, 6.07) is 0. The van der Waals surface area contributed by atoms with Gasteiger partial charge < -0.3 is 14.7 Å². The van der Waals surface area contributed by atoms with Crippen LogP contribution in [0.2, 0.25) is 0 Å². The van der Waals surface area contributed by atoms with Crippen molar-refractivity contribution in [3.05, 3.63) is 0 Å². The second kappa shape index (κ2) is 2.88. The van der Waals surface area contributed by atoms with E-state index in [9.17, 15) is 4.79 Å². The highest BCUT2D eigenvalue weighted by molar-refractivity contribution is 5.69. The van der Waals surface area contributed by atoms with E-state index in [-0.39, 0.29) is 18.8 Å². The highest BCUT2D eigenvalue weighted by atomic mass is 16.6. The van der Waals surface area contributed by atoms with Crippen LogP contribution >= 0.6 is 0 Å². The van der Waals surface area contributed by atoms with Gasteiger partial charge in [-0.25, -0.2) is 4.79 Å². The summed E-state index contributed by atoms with van der Waals surface area (Å²) in [5.41, 5.74) is 0. The number of hydrogen-bond acceptors (Lipinski definition) is 3. The lowest BCUT2D eigenvalue weighted by atomic mass is 10.4. The minimum Gasteiger partial charge on any atom is -0.445 e. The van der Waals surface area contributed by atoms with Crippen LogP contribution in [0.1, 0.15) is 6.92 Å². The average molecular weight is 145 g/mol. The Morgan fingerprint density at radius 1 is 1.90 bits per heavy atom. The first-order valence-corrected chi connectivity index (χ1v) is 3.30. The summed E-state index contributed by atoms with van der Waals surface area (Å²) >= 11 is 0. The predicted molar refractivity (Wildman–Crippen MR) is 34.6 cm³/mol. The fraction of sp³-hybridized carbons (Fsp3) is 0.833. The summed E-state index contributed by atoms with van der Waals surface area (Å²) in [6.07, 6.45) is -0.347. The number of carbonyl (C=O) groups excluding carboxylic acids is 1. The number of rotatable bonds is 2. The second-order valence-corrected chi connectivity index (χ2v) is 2.36. The zero-order chi connectivity index (χ0) is 7.56. The lowest BCUT2D eigenvalue weighted by molar-refractivity contribution is 0.135. The molecule has 0 aromatic heterocycles. The van der Waals surface area contributed by atoms with E-state index in [0.717, 1.165) is 0 Å². The molecule has 1 aliphatic heterocycles. The molecule has 0 aromatic rings. The van der Waals surface area contributed by atoms with Crippen LogP contribution in [0.5, 0.6) is 0 Å². The predicted octanol–water partition coefficient (Wildman–Crippen LogP) is -0.181. The maximum Gasteiger partial charge on any atom is 0.410 e. The Balaban J connectivity index is 2.39. The molecule has 4 heteroatoms. The third-order valence-electron chi connectivity index (χ3n) is 1.41. The summed E-state index contributed by atoms with van der Waals surface area (Å²) in [7, 11) is 0. The minimum atomic E-state index is -0.318. The molecule has 10 heavy (non-hydrogen) atoms. The van der Waals surface area contributed by atoms with Crippen molar-refractivity contribution in [2.75, 3.05) is 19.7 Å². The summed E-state index contributed by atoms with van der Waals surface area (Å²) < 4.78 is 4.80. The zero-order valence-corrected chi connectivity index (χ0v) is 5.91. The maximum atomic E-state index is 10.8. The van der Waals surface area contributed by atoms with Crippen molar-refractivity contribution in [2.24, 2.45) is 0 Å². The average Bonchev–Trinajstić information content (AvgIpc) is 2.13. The van der Waals surface area contributed by atoms with Crippen LogP contribution in [0, 0.1) is 0 Å². The van der Waals surface area contributed by atoms with Gasteiger partial charge in [0.25, 0.3) is 0 Å². The van der Waals surface area contributed by atoms with E-state index in [2.05, 4.69) is 0 Å². The third kappa shape index (κ3) is 1.39. The van der Waals surface area contributed by atoms with Gasteiger partial charge in [-0.05, 0) is 6.92 Å². The minimum absolute atomic E-state index is 0.00181. The van der Waals surface area contributed by atoms with Crippen molar-refractivity contribution in [2.45, 2.75) is 13.0 Å². The van der Waals surface area contributed by atoms with Gasteiger partial charge in [-0.15, -0.1) is 0 Å². The first-order chi connectivity index (χ1) is 4.74. The van der Waals surface area contributed by atoms with E-state index in [4.69, 9.17) is 9.84 Å². The van der Waals surface area contributed by atoms with E-state index in [1.807, 2.05) is 6.92 Å². The SMILES string of the molecule is C[C@H]1CN(CCO)C(=O)O1. The van der Waals surface area contributed by atoms with E-state index in [0.29, 0.717) is 13.1 Å². The van der Waals surface area contributed by atoms with Crippen LogP contribution in [-0.4, -0.2) is 41.9 Å². The molecular weight excluding hydrogens is 134 g/mol. The Morgan fingerprint density at radius 2 is 2.60 bits per heavy atom. The summed E-state index contributed by atoms with van der Waals surface area (Å²) in [5, 5.41) is 8.48.